The number of nitrogens with one attached hydrogen (secondary N) is 2. The van der Waals surface area contributed by atoms with Crippen LogP contribution in [0.3, 0.4) is 0 Å². The molecular weight excluding hydrogens is 544 g/mol. The predicted molar refractivity (Wildman–Crippen MR) is 152 cm³/mol. The lowest BCUT2D eigenvalue weighted by molar-refractivity contribution is 0.101. The van der Waals surface area contributed by atoms with Crippen molar-refractivity contribution in [2.24, 2.45) is 0 Å². The van der Waals surface area contributed by atoms with Crippen LogP contribution in [-0.4, -0.2) is 30.6 Å². The standard InChI is InChI=1S/C15H13N3O.C14H10BrN3O/c1-11-7-8-18-10-13(17-14(18)9-11)15(19)16-12-5-3-2-4-6-12;15-10-6-7-13-17-12(9-18(13)8-10)14(19)16-11-4-2-1-3-5-11/h2-10H,1H3,(H,16,19);1-9H,(H,16,19). The molecule has 0 aliphatic heterocycles. The molecule has 4 heterocycles. The first-order valence-electron chi connectivity index (χ1n) is 11.8. The van der Waals surface area contributed by atoms with Crippen molar-refractivity contribution < 1.29 is 9.59 Å². The number of pyridine rings is 2. The molecule has 0 aliphatic rings. The van der Waals surface area contributed by atoms with E-state index in [1.165, 1.54) is 0 Å². The summed E-state index contributed by atoms with van der Waals surface area (Å²) in [5.74, 6) is -0.418. The fourth-order valence-corrected chi connectivity index (χ4v) is 4.05. The van der Waals surface area contributed by atoms with Crippen LogP contribution in [-0.2, 0) is 0 Å². The Hall–Kier alpha value is -4.76. The smallest absolute Gasteiger partial charge is 0.275 e. The normalized spacial score (nSPS) is 10.6. The third kappa shape index (κ3) is 5.96. The molecule has 8 nitrogen and oxygen atoms in total. The molecule has 6 aromatic rings. The zero-order valence-electron chi connectivity index (χ0n) is 20.4. The van der Waals surface area contributed by atoms with Crippen molar-refractivity contribution in [2.75, 3.05) is 10.6 Å². The van der Waals surface area contributed by atoms with E-state index in [-0.39, 0.29) is 11.8 Å². The van der Waals surface area contributed by atoms with Gasteiger partial charge in [0.2, 0.25) is 0 Å². The van der Waals surface area contributed by atoms with E-state index in [9.17, 15) is 9.59 Å². The lowest BCUT2D eigenvalue weighted by Gasteiger charge is -2.01. The number of aromatic nitrogens is 4. The van der Waals surface area contributed by atoms with Gasteiger partial charge in [-0.2, -0.15) is 0 Å². The highest BCUT2D eigenvalue weighted by Crippen LogP contribution is 2.14. The van der Waals surface area contributed by atoms with Gasteiger partial charge in [-0.15, -0.1) is 0 Å². The number of hydrogen-bond donors (Lipinski definition) is 2. The maximum Gasteiger partial charge on any atom is 0.275 e. The number of nitrogens with zero attached hydrogens (tertiary/aromatic N) is 4. The predicted octanol–water partition coefficient (Wildman–Crippen LogP) is 6.24. The second-order valence-electron chi connectivity index (χ2n) is 8.47. The topological polar surface area (TPSA) is 92.8 Å². The number of amides is 2. The van der Waals surface area contributed by atoms with E-state index >= 15 is 0 Å². The van der Waals surface area contributed by atoms with E-state index in [1.807, 2.05) is 113 Å². The number of carbonyl (C=O) groups excluding carboxylic acids is 2. The Morgan fingerprint density at radius 1 is 0.684 bits per heavy atom. The number of hydrogen-bond acceptors (Lipinski definition) is 4. The first kappa shape index (κ1) is 24.9. The van der Waals surface area contributed by atoms with Crippen molar-refractivity contribution in [1.82, 2.24) is 18.8 Å². The molecule has 2 aromatic carbocycles. The lowest BCUT2D eigenvalue weighted by Crippen LogP contribution is -2.11. The summed E-state index contributed by atoms with van der Waals surface area (Å²) in [6.07, 6.45) is 7.20. The molecule has 38 heavy (non-hydrogen) atoms. The monoisotopic (exact) mass is 566 g/mol. The maximum atomic E-state index is 12.1. The first-order valence-corrected chi connectivity index (χ1v) is 12.6. The minimum Gasteiger partial charge on any atom is -0.321 e. The molecule has 0 spiro atoms. The molecule has 6 rings (SSSR count). The second kappa shape index (κ2) is 11.1. The summed E-state index contributed by atoms with van der Waals surface area (Å²) >= 11 is 3.38. The van der Waals surface area contributed by atoms with Gasteiger partial charge in [-0.1, -0.05) is 36.4 Å². The van der Waals surface area contributed by atoms with Crippen LogP contribution in [0, 0.1) is 6.92 Å². The van der Waals surface area contributed by atoms with Gasteiger partial charge in [0.25, 0.3) is 11.8 Å². The molecule has 0 saturated carbocycles. The fourth-order valence-electron chi connectivity index (χ4n) is 3.70. The zero-order chi connectivity index (χ0) is 26.5. The van der Waals surface area contributed by atoms with E-state index in [0.717, 1.165) is 32.7 Å². The number of rotatable bonds is 4. The first-order chi connectivity index (χ1) is 18.4. The molecular formula is C29H23BrN6O2. The summed E-state index contributed by atoms with van der Waals surface area (Å²) in [4.78, 5) is 32.8. The SMILES string of the molecule is Cc1ccn2cc(C(=O)Nc3ccccc3)nc2c1.O=C(Nc1ccccc1)c1cn2cc(Br)ccc2n1. The number of halogens is 1. The van der Waals surface area contributed by atoms with Crippen LogP contribution in [0.15, 0.2) is 114 Å². The molecule has 0 unspecified atom stereocenters. The van der Waals surface area contributed by atoms with Gasteiger partial charge in [-0.05, 0) is 76.9 Å². The van der Waals surface area contributed by atoms with Gasteiger partial charge in [-0.3, -0.25) is 9.59 Å². The summed E-state index contributed by atoms with van der Waals surface area (Å²) < 4.78 is 4.59. The van der Waals surface area contributed by atoms with Gasteiger partial charge in [0.1, 0.15) is 22.7 Å². The van der Waals surface area contributed by atoms with E-state index in [4.69, 9.17) is 0 Å². The van der Waals surface area contributed by atoms with Crippen molar-refractivity contribution in [3.05, 3.63) is 131 Å². The minimum absolute atomic E-state index is 0.201. The van der Waals surface area contributed by atoms with Crippen LogP contribution >= 0.6 is 15.9 Å². The van der Waals surface area contributed by atoms with Crippen molar-refractivity contribution >= 4 is 50.4 Å². The third-order valence-corrected chi connectivity index (χ3v) is 6.03. The maximum absolute atomic E-state index is 12.1. The average molecular weight is 567 g/mol. The van der Waals surface area contributed by atoms with Crippen LogP contribution in [0.25, 0.3) is 11.3 Å². The van der Waals surface area contributed by atoms with Crippen LogP contribution in [0.1, 0.15) is 26.5 Å². The number of aryl methyl sites for hydroxylation is 1. The zero-order valence-corrected chi connectivity index (χ0v) is 22.0. The Kier molecular flexibility index (Phi) is 7.28. The van der Waals surface area contributed by atoms with Crippen molar-refractivity contribution in [3.8, 4) is 0 Å². The van der Waals surface area contributed by atoms with Gasteiger partial charge < -0.3 is 19.4 Å². The number of benzene rings is 2. The highest BCUT2D eigenvalue weighted by Gasteiger charge is 2.12. The van der Waals surface area contributed by atoms with Gasteiger partial charge in [-0.25, -0.2) is 9.97 Å². The summed E-state index contributed by atoms with van der Waals surface area (Å²) in [6.45, 7) is 2.00. The van der Waals surface area contributed by atoms with Crippen molar-refractivity contribution in [1.29, 1.82) is 0 Å². The molecule has 0 radical (unpaired) electrons. The van der Waals surface area contributed by atoms with E-state index in [1.54, 1.807) is 12.4 Å². The van der Waals surface area contributed by atoms with Crippen LogP contribution in [0.5, 0.6) is 0 Å². The third-order valence-electron chi connectivity index (χ3n) is 5.56. The molecule has 9 heteroatoms. The summed E-state index contributed by atoms with van der Waals surface area (Å²) in [5, 5.41) is 5.63. The molecule has 0 atom stereocenters. The molecule has 4 aromatic heterocycles. The Bertz CT molecular complexity index is 1600. The fraction of sp³-hybridized carbons (Fsp3) is 0.0345. The molecule has 188 valence electrons. The van der Waals surface area contributed by atoms with Gasteiger partial charge in [0, 0.05) is 40.6 Å². The molecule has 2 amide bonds. The number of carbonyl (C=O) groups is 2. The molecule has 0 fully saturated rings. The largest absolute Gasteiger partial charge is 0.321 e. The minimum atomic E-state index is -0.217. The van der Waals surface area contributed by atoms with Gasteiger partial charge in [0.15, 0.2) is 0 Å². The molecule has 2 N–H and O–H groups in total. The summed E-state index contributed by atoms with van der Waals surface area (Å²) in [6, 6.07) is 26.3. The Balaban J connectivity index is 0.000000155. The van der Waals surface area contributed by atoms with Gasteiger partial charge >= 0.3 is 0 Å². The Morgan fingerprint density at radius 3 is 1.84 bits per heavy atom. The molecule has 0 bridgehead atoms. The molecule has 0 aliphatic carbocycles. The van der Waals surface area contributed by atoms with Crippen LogP contribution in [0.4, 0.5) is 11.4 Å². The lowest BCUT2D eigenvalue weighted by atomic mass is 10.3. The van der Waals surface area contributed by atoms with Gasteiger partial charge in [0.05, 0.1) is 0 Å². The molecule has 0 saturated heterocycles. The average Bonchev–Trinajstić information content (AvgIpc) is 3.54. The quantitative estimate of drug-likeness (QED) is 0.264. The summed E-state index contributed by atoms with van der Waals surface area (Å²) in [7, 11) is 0. The highest BCUT2D eigenvalue weighted by atomic mass is 79.9. The Labute approximate surface area is 227 Å². The number of fused-ring (bicyclic) bond motifs is 2. The van der Waals surface area contributed by atoms with E-state index < -0.39 is 0 Å². The Morgan fingerprint density at radius 2 is 1.24 bits per heavy atom. The number of para-hydroxylation sites is 2. The highest BCUT2D eigenvalue weighted by molar-refractivity contribution is 9.10. The number of anilines is 2. The number of imidazole rings is 2. The van der Waals surface area contributed by atoms with E-state index in [2.05, 4.69) is 36.5 Å². The van der Waals surface area contributed by atoms with Crippen molar-refractivity contribution in [2.45, 2.75) is 6.92 Å². The van der Waals surface area contributed by atoms with Crippen molar-refractivity contribution in [3.63, 3.8) is 0 Å². The second-order valence-corrected chi connectivity index (χ2v) is 9.39. The summed E-state index contributed by atoms with van der Waals surface area (Å²) in [5.41, 5.74) is 4.95. The van der Waals surface area contributed by atoms with Crippen LogP contribution in [0.2, 0.25) is 0 Å². The van der Waals surface area contributed by atoms with E-state index in [0.29, 0.717) is 11.4 Å². The van der Waals surface area contributed by atoms with Crippen LogP contribution < -0.4 is 10.6 Å².